The Kier molecular flexibility index (Phi) is 4.79. The van der Waals surface area contributed by atoms with E-state index in [4.69, 9.17) is 4.74 Å². The molecule has 0 atom stereocenters. The molecule has 0 fully saturated rings. The van der Waals surface area contributed by atoms with Crippen molar-refractivity contribution >= 4 is 23.2 Å². The van der Waals surface area contributed by atoms with Gasteiger partial charge in [-0.05, 0) is 65.3 Å². The molecule has 0 unspecified atom stereocenters. The lowest BCUT2D eigenvalue weighted by Gasteiger charge is -2.06. The van der Waals surface area contributed by atoms with Crippen LogP contribution in [0.3, 0.4) is 0 Å². The van der Waals surface area contributed by atoms with Gasteiger partial charge in [0, 0.05) is 5.56 Å². The molecule has 3 aromatic carbocycles. The molecule has 1 aromatic heterocycles. The van der Waals surface area contributed by atoms with E-state index in [-0.39, 0.29) is 5.91 Å². The van der Waals surface area contributed by atoms with Gasteiger partial charge in [0.05, 0.1) is 6.21 Å². The lowest BCUT2D eigenvalue weighted by Crippen LogP contribution is -2.17. The summed E-state index contributed by atoms with van der Waals surface area (Å²) in [7, 11) is 0. The monoisotopic (exact) mass is 372 g/mol. The number of benzene rings is 3. The zero-order valence-electron chi connectivity index (χ0n) is 15.0. The fourth-order valence-corrected chi connectivity index (χ4v) is 2.55. The van der Waals surface area contributed by atoms with Crippen LogP contribution in [0.2, 0.25) is 0 Å². The average Bonchev–Trinajstić information content (AvgIpc) is 3.18. The van der Waals surface area contributed by atoms with Crippen molar-refractivity contribution in [3.8, 4) is 11.5 Å². The van der Waals surface area contributed by atoms with Gasteiger partial charge in [0.15, 0.2) is 0 Å². The van der Waals surface area contributed by atoms with Gasteiger partial charge in [-0.3, -0.25) is 4.79 Å². The number of hydrogen-bond acceptors (Lipinski definition) is 6. The number of nitrogens with one attached hydrogen (secondary N) is 1. The van der Waals surface area contributed by atoms with Gasteiger partial charge in [-0.2, -0.15) is 5.10 Å². The van der Waals surface area contributed by atoms with Gasteiger partial charge >= 0.3 is 0 Å². The molecule has 1 heterocycles. The van der Waals surface area contributed by atoms with Crippen molar-refractivity contribution in [3.05, 3.63) is 83.4 Å². The first kappa shape index (κ1) is 17.4. The first-order valence-electron chi connectivity index (χ1n) is 8.58. The maximum absolute atomic E-state index is 12.2. The van der Waals surface area contributed by atoms with E-state index in [1.54, 1.807) is 24.4 Å². The number of amides is 1. The number of rotatable bonds is 5. The fraction of sp³-hybridized carbons (Fsp3) is 0.0476. The second-order valence-corrected chi connectivity index (χ2v) is 6.15. The van der Waals surface area contributed by atoms with Crippen LogP contribution in [0.25, 0.3) is 11.0 Å². The molecule has 0 aliphatic rings. The molecule has 138 valence electrons. The largest absolute Gasteiger partial charge is 0.457 e. The standard InChI is InChI=1S/C21H16N4O3/c1-14-5-8-17(9-6-14)27-18-4-2-3-15(11-18)13-22-23-21(26)16-7-10-19-20(12-16)25-28-24-19/h2-13H,1H3,(H,23,26). The van der Waals surface area contributed by atoms with E-state index in [1.807, 2.05) is 55.5 Å². The minimum Gasteiger partial charge on any atom is -0.457 e. The van der Waals surface area contributed by atoms with Crippen LogP contribution in [0.15, 0.2) is 76.5 Å². The van der Waals surface area contributed by atoms with Gasteiger partial charge in [0.25, 0.3) is 5.91 Å². The van der Waals surface area contributed by atoms with E-state index >= 15 is 0 Å². The highest BCUT2D eigenvalue weighted by Gasteiger charge is 2.08. The molecule has 7 heteroatoms. The summed E-state index contributed by atoms with van der Waals surface area (Å²) < 4.78 is 10.5. The summed E-state index contributed by atoms with van der Waals surface area (Å²) in [5.74, 6) is 1.09. The average molecular weight is 372 g/mol. The number of carbonyl (C=O) groups excluding carboxylic acids is 1. The molecule has 0 aliphatic heterocycles. The number of hydrazone groups is 1. The summed E-state index contributed by atoms with van der Waals surface area (Å²) in [6.07, 6.45) is 1.55. The summed E-state index contributed by atoms with van der Waals surface area (Å²) in [4.78, 5) is 12.2. The highest BCUT2D eigenvalue weighted by atomic mass is 16.6. The van der Waals surface area contributed by atoms with Crippen LogP contribution in [0, 0.1) is 6.92 Å². The minimum absolute atomic E-state index is 0.354. The Morgan fingerprint density at radius 1 is 1.00 bits per heavy atom. The van der Waals surface area contributed by atoms with Crippen molar-refractivity contribution in [2.24, 2.45) is 5.10 Å². The Hall–Kier alpha value is -4.00. The van der Waals surface area contributed by atoms with Gasteiger partial charge in [0.1, 0.15) is 22.5 Å². The zero-order valence-corrected chi connectivity index (χ0v) is 15.0. The predicted octanol–water partition coefficient (Wildman–Crippen LogP) is 4.09. The molecule has 0 saturated heterocycles. The Morgan fingerprint density at radius 3 is 2.68 bits per heavy atom. The lowest BCUT2D eigenvalue weighted by atomic mass is 10.2. The molecule has 4 rings (SSSR count). The van der Waals surface area contributed by atoms with Crippen LogP contribution < -0.4 is 10.2 Å². The molecule has 7 nitrogen and oxygen atoms in total. The zero-order chi connectivity index (χ0) is 19.3. The van der Waals surface area contributed by atoms with Crippen molar-refractivity contribution in [2.45, 2.75) is 6.92 Å². The van der Waals surface area contributed by atoms with Crippen LogP contribution in [-0.2, 0) is 0 Å². The second-order valence-electron chi connectivity index (χ2n) is 6.15. The third-order valence-electron chi connectivity index (χ3n) is 4.01. The van der Waals surface area contributed by atoms with E-state index in [9.17, 15) is 4.79 Å². The molecule has 1 N–H and O–H groups in total. The molecule has 0 saturated carbocycles. The lowest BCUT2D eigenvalue weighted by molar-refractivity contribution is 0.0955. The van der Waals surface area contributed by atoms with Crippen LogP contribution in [-0.4, -0.2) is 22.4 Å². The normalized spacial score (nSPS) is 11.0. The third kappa shape index (κ3) is 4.04. The first-order chi connectivity index (χ1) is 13.7. The highest BCUT2D eigenvalue weighted by Crippen LogP contribution is 2.22. The quantitative estimate of drug-likeness (QED) is 0.421. The van der Waals surface area contributed by atoms with Gasteiger partial charge < -0.3 is 4.74 Å². The Balaban J connectivity index is 1.41. The molecule has 4 aromatic rings. The van der Waals surface area contributed by atoms with Crippen molar-refractivity contribution in [2.75, 3.05) is 0 Å². The minimum atomic E-state index is -0.354. The first-order valence-corrected chi connectivity index (χ1v) is 8.58. The van der Waals surface area contributed by atoms with E-state index in [0.29, 0.717) is 22.3 Å². The molecular formula is C21H16N4O3. The Morgan fingerprint density at radius 2 is 1.82 bits per heavy atom. The van der Waals surface area contributed by atoms with Crippen LogP contribution in [0.1, 0.15) is 21.5 Å². The number of nitrogens with zero attached hydrogens (tertiary/aromatic N) is 3. The van der Waals surface area contributed by atoms with Crippen molar-refractivity contribution in [3.63, 3.8) is 0 Å². The highest BCUT2D eigenvalue weighted by molar-refractivity contribution is 5.97. The van der Waals surface area contributed by atoms with Gasteiger partial charge in [-0.15, -0.1) is 0 Å². The molecule has 1 amide bonds. The third-order valence-corrected chi connectivity index (χ3v) is 4.01. The van der Waals surface area contributed by atoms with Gasteiger partial charge in [-0.25, -0.2) is 10.1 Å². The summed E-state index contributed by atoms with van der Waals surface area (Å²) >= 11 is 0. The number of ether oxygens (including phenoxy) is 1. The van der Waals surface area contributed by atoms with E-state index in [2.05, 4.69) is 25.5 Å². The van der Waals surface area contributed by atoms with Crippen LogP contribution >= 0.6 is 0 Å². The van der Waals surface area contributed by atoms with Crippen LogP contribution in [0.5, 0.6) is 11.5 Å². The number of aromatic nitrogens is 2. The molecular weight excluding hydrogens is 356 g/mol. The molecule has 0 aliphatic carbocycles. The van der Waals surface area contributed by atoms with Crippen molar-refractivity contribution < 1.29 is 14.2 Å². The smallest absolute Gasteiger partial charge is 0.271 e. The summed E-state index contributed by atoms with van der Waals surface area (Å²) in [6, 6.07) is 20.1. The van der Waals surface area contributed by atoms with Crippen molar-refractivity contribution in [1.29, 1.82) is 0 Å². The van der Waals surface area contributed by atoms with Crippen molar-refractivity contribution in [1.82, 2.24) is 15.7 Å². The predicted molar refractivity (Wildman–Crippen MR) is 105 cm³/mol. The molecule has 0 radical (unpaired) electrons. The number of aryl methyl sites for hydroxylation is 1. The SMILES string of the molecule is Cc1ccc(Oc2cccc(C=NNC(=O)c3ccc4nonc4c3)c2)cc1. The molecule has 0 spiro atoms. The van der Waals surface area contributed by atoms with Gasteiger partial charge in [-0.1, -0.05) is 29.8 Å². The maximum atomic E-state index is 12.2. The number of fused-ring (bicyclic) bond motifs is 1. The number of hydrogen-bond donors (Lipinski definition) is 1. The van der Waals surface area contributed by atoms with E-state index in [1.165, 1.54) is 5.56 Å². The Labute approximate surface area is 160 Å². The summed E-state index contributed by atoms with van der Waals surface area (Å²) in [5.41, 5.74) is 5.97. The second kappa shape index (κ2) is 7.71. The number of carbonyl (C=O) groups is 1. The van der Waals surface area contributed by atoms with E-state index < -0.39 is 0 Å². The topological polar surface area (TPSA) is 89.6 Å². The van der Waals surface area contributed by atoms with E-state index in [0.717, 1.165) is 11.3 Å². The molecule has 28 heavy (non-hydrogen) atoms. The summed E-state index contributed by atoms with van der Waals surface area (Å²) in [5, 5.41) is 11.4. The van der Waals surface area contributed by atoms with Crippen LogP contribution in [0.4, 0.5) is 0 Å². The molecule has 0 bridgehead atoms. The van der Waals surface area contributed by atoms with Gasteiger partial charge in [0.2, 0.25) is 0 Å². The Bertz CT molecular complexity index is 1150. The summed E-state index contributed by atoms with van der Waals surface area (Å²) in [6.45, 7) is 2.02. The maximum Gasteiger partial charge on any atom is 0.271 e. The fourth-order valence-electron chi connectivity index (χ4n) is 2.55.